The van der Waals surface area contributed by atoms with E-state index in [9.17, 15) is 14.7 Å². The molecule has 1 saturated carbocycles. The number of nitrogens with one attached hydrogen (secondary N) is 1. The predicted molar refractivity (Wildman–Crippen MR) is 107 cm³/mol. The van der Waals surface area contributed by atoms with E-state index in [0.717, 1.165) is 19.3 Å². The summed E-state index contributed by atoms with van der Waals surface area (Å²) in [5, 5.41) is 12.9. The number of amides is 1. The van der Waals surface area contributed by atoms with Crippen LogP contribution < -0.4 is 14.8 Å². The van der Waals surface area contributed by atoms with E-state index in [0.29, 0.717) is 54.9 Å². The molecule has 28 heavy (non-hydrogen) atoms. The summed E-state index contributed by atoms with van der Waals surface area (Å²) in [6.45, 7) is 2.34. The first kappa shape index (κ1) is 21.0. The van der Waals surface area contributed by atoms with E-state index >= 15 is 0 Å². The summed E-state index contributed by atoms with van der Waals surface area (Å²) in [5.41, 5.74) is -0.217. The zero-order valence-electron chi connectivity index (χ0n) is 15.4. The van der Waals surface area contributed by atoms with Gasteiger partial charge in [-0.25, -0.2) is 0 Å². The van der Waals surface area contributed by atoms with Crippen LogP contribution in [0.4, 0.5) is 5.69 Å². The topological polar surface area (TPSA) is 88.1 Å². The molecule has 2 atom stereocenters. The summed E-state index contributed by atoms with van der Waals surface area (Å²) in [6, 6.07) is 3.33. The third-order valence-corrected chi connectivity index (χ3v) is 6.16. The Balaban J connectivity index is 0.00000225. The monoisotopic (exact) mass is 430 g/mol. The third kappa shape index (κ3) is 3.88. The Morgan fingerprint density at radius 3 is 2.64 bits per heavy atom. The molecule has 1 aromatic rings. The highest BCUT2D eigenvalue weighted by Crippen LogP contribution is 2.48. The second-order valence-corrected chi connectivity index (χ2v) is 8.00. The minimum Gasteiger partial charge on any atom is -0.490 e. The smallest absolute Gasteiger partial charge is 0.311 e. The molecule has 1 saturated heterocycles. The zero-order chi connectivity index (χ0) is 19.0. The number of carboxylic acid groups (broad SMARTS) is 1. The normalized spacial score (nSPS) is 26.1. The van der Waals surface area contributed by atoms with Gasteiger partial charge in [0.2, 0.25) is 5.91 Å². The number of aliphatic carboxylic acids is 1. The van der Waals surface area contributed by atoms with Gasteiger partial charge in [0.1, 0.15) is 0 Å². The average Bonchev–Trinajstić information content (AvgIpc) is 3.07. The maximum atomic E-state index is 12.5. The van der Waals surface area contributed by atoms with E-state index in [4.69, 9.17) is 21.1 Å². The Bertz CT molecular complexity index is 775. The number of rotatable bonds is 4. The molecule has 2 N–H and O–H groups in total. The molecule has 0 radical (unpaired) electrons. The summed E-state index contributed by atoms with van der Waals surface area (Å²) in [5.74, 6) is 0.314. The van der Waals surface area contributed by atoms with Crippen LogP contribution in [0.3, 0.4) is 0 Å². The molecule has 2 heterocycles. The summed E-state index contributed by atoms with van der Waals surface area (Å²) >= 11 is 6.28. The molecule has 0 aromatic heterocycles. The van der Waals surface area contributed by atoms with Crippen LogP contribution in [0.25, 0.3) is 0 Å². The van der Waals surface area contributed by atoms with E-state index in [-0.39, 0.29) is 30.8 Å². The molecule has 9 heteroatoms. The van der Waals surface area contributed by atoms with Crippen LogP contribution in [-0.4, -0.2) is 54.7 Å². The number of carbonyl (C=O) groups excluding carboxylic acids is 1. The molecule has 0 bridgehead atoms. The van der Waals surface area contributed by atoms with Gasteiger partial charge in [-0.15, -0.1) is 12.4 Å². The van der Waals surface area contributed by atoms with Crippen molar-refractivity contribution in [1.29, 1.82) is 0 Å². The minimum atomic E-state index is -0.737. The Morgan fingerprint density at radius 2 is 1.96 bits per heavy atom. The summed E-state index contributed by atoms with van der Waals surface area (Å²) in [6.07, 6.45) is 3.34. The first-order valence-electron chi connectivity index (χ1n) is 9.33. The Hall–Kier alpha value is -1.70. The molecule has 1 amide bonds. The molecule has 3 aliphatic rings. The molecule has 7 nitrogen and oxygen atoms in total. The van der Waals surface area contributed by atoms with Crippen molar-refractivity contribution in [2.45, 2.75) is 25.7 Å². The van der Waals surface area contributed by atoms with E-state index in [1.807, 2.05) is 4.90 Å². The number of carbonyl (C=O) groups is 2. The van der Waals surface area contributed by atoms with Crippen LogP contribution in [0.15, 0.2) is 12.1 Å². The number of carboxylic acids is 1. The second kappa shape index (κ2) is 8.35. The quantitative estimate of drug-likeness (QED) is 0.762. The second-order valence-electron chi connectivity index (χ2n) is 7.60. The highest BCUT2D eigenvalue weighted by Gasteiger charge is 2.54. The third-order valence-electron chi connectivity index (χ3n) is 5.85. The lowest BCUT2D eigenvalue weighted by molar-refractivity contribution is -0.149. The zero-order valence-corrected chi connectivity index (χ0v) is 17.0. The number of fused-ring (bicyclic) bond motifs is 2. The fourth-order valence-electron chi connectivity index (χ4n) is 4.54. The van der Waals surface area contributed by atoms with Crippen LogP contribution in [-0.2, 0) is 9.59 Å². The molecule has 1 aromatic carbocycles. The van der Waals surface area contributed by atoms with Crippen molar-refractivity contribution < 1.29 is 24.2 Å². The molecule has 4 rings (SSSR count). The van der Waals surface area contributed by atoms with Crippen molar-refractivity contribution in [3.63, 3.8) is 0 Å². The van der Waals surface area contributed by atoms with Gasteiger partial charge >= 0.3 is 5.97 Å². The predicted octanol–water partition coefficient (Wildman–Crippen LogP) is 3.05. The molecule has 0 spiro atoms. The standard InChI is InChI=1S/C19H23ClN2O5.ClH/c20-13-7-15-16(27-6-2-5-26-15)8-14(13)21-17(23)10-22-9-12-3-1-4-19(12,11-22)18(24)25;/h7-8,12H,1-6,9-11H2,(H,21,23)(H,24,25);1H/t12-,19+;/m0./s1. The number of halogens is 2. The number of hydrogen-bond acceptors (Lipinski definition) is 5. The lowest BCUT2D eigenvalue weighted by Crippen LogP contribution is -2.37. The highest BCUT2D eigenvalue weighted by molar-refractivity contribution is 6.34. The first-order chi connectivity index (χ1) is 13.0. The number of benzene rings is 1. The summed E-state index contributed by atoms with van der Waals surface area (Å²) < 4.78 is 11.2. The fourth-order valence-corrected chi connectivity index (χ4v) is 4.74. The fraction of sp³-hybridized carbons (Fsp3) is 0.579. The van der Waals surface area contributed by atoms with Crippen LogP contribution in [0.2, 0.25) is 5.02 Å². The Kier molecular flexibility index (Phi) is 6.27. The van der Waals surface area contributed by atoms with Gasteiger partial charge in [-0.2, -0.15) is 0 Å². The molecular weight excluding hydrogens is 407 g/mol. The van der Waals surface area contributed by atoms with Crippen LogP contribution in [0, 0.1) is 11.3 Å². The molecule has 0 unspecified atom stereocenters. The lowest BCUT2D eigenvalue weighted by atomic mass is 9.81. The molecular formula is C19H24Cl2N2O5. The van der Waals surface area contributed by atoms with E-state index < -0.39 is 11.4 Å². The number of hydrogen-bond donors (Lipinski definition) is 2. The minimum absolute atomic E-state index is 0. The number of nitrogens with zero attached hydrogens (tertiary/aromatic N) is 1. The maximum absolute atomic E-state index is 12.5. The van der Waals surface area contributed by atoms with E-state index in [2.05, 4.69) is 5.32 Å². The molecule has 154 valence electrons. The van der Waals surface area contributed by atoms with Crippen LogP contribution >= 0.6 is 24.0 Å². The highest BCUT2D eigenvalue weighted by atomic mass is 35.5. The van der Waals surface area contributed by atoms with Crippen LogP contribution in [0.5, 0.6) is 11.5 Å². The van der Waals surface area contributed by atoms with Crippen molar-refractivity contribution in [3.05, 3.63) is 17.2 Å². The SMILES string of the molecule is Cl.O=C(CN1C[C@@H]2CCC[C@@]2(C(=O)O)C1)Nc1cc2c(cc1Cl)OCCCO2. The average molecular weight is 431 g/mol. The Morgan fingerprint density at radius 1 is 1.25 bits per heavy atom. The number of ether oxygens (including phenoxy) is 2. The number of likely N-dealkylation sites (tertiary alicyclic amines) is 1. The first-order valence-corrected chi connectivity index (χ1v) is 9.70. The van der Waals surface area contributed by atoms with Gasteiger partial charge in [-0.1, -0.05) is 18.0 Å². The van der Waals surface area contributed by atoms with Crippen molar-refractivity contribution in [2.24, 2.45) is 11.3 Å². The van der Waals surface area contributed by atoms with E-state index in [1.165, 1.54) is 0 Å². The largest absolute Gasteiger partial charge is 0.490 e. The maximum Gasteiger partial charge on any atom is 0.311 e. The van der Waals surface area contributed by atoms with Crippen molar-refractivity contribution in [1.82, 2.24) is 4.90 Å². The van der Waals surface area contributed by atoms with Crippen LogP contribution in [0.1, 0.15) is 25.7 Å². The Labute approximate surface area is 174 Å². The van der Waals surface area contributed by atoms with Gasteiger partial charge < -0.3 is 19.9 Å². The van der Waals surface area contributed by atoms with Crippen molar-refractivity contribution >= 4 is 41.6 Å². The molecule has 1 aliphatic carbocycles. The van der Waals surface area contributed by atoms with Gasteiger partial charge in [0, 0.05) is 31.6 Å². The van der Waals surface area contributed by atoms with E-state index in [1.54, 1.807) is 12.1 Å². The van der Waals surface area contributed by atoms with Gasteiger partial charge in [-0.3, -0.25) is 14.5 Å². The molecule has 2 fully saturated rings. The van der Waals surface area contributed by atoms with Crippen molar-refractivity contribution in [2.75, 3.05) is 38.2 Å². The van der Waals surface area contributed by atoms with Gasteiger partial charge in [0.25, 0.3) is 0 Å². The van der Waals surface area contributed by atoms with Crippen molar-refractivity contribution in [3.8, 4) is 11.5 Å². The number of anilines is 1. The summed E-state index contributed by atoms with van der Waals surface area (Å²) in [4.78, 5) is 26.2. The lowest BCUT2D eigenvalue weighted by Gasteiger charge is -2.23. The molecule has 2 aliphatic heterocycles. The van der Waals surface area contributed by atoms with Gasteiger partial charge in [0.05, 0.1) is 35.9 Å². The summed E-state index contributed by atoms with van der Waals surface area (Å²) in [7, 11) is 0. The van der Waals surface area contributed by atoms with Gasteiger partial charge in [-0.05, 0) is 18.8 Å². The van der Waals surface area contributed by atoms with Gasteiger partial charge in [0.15, 0.2) is 11.5 Å².